The van der Waals surface area contributed by atoms with Crippen molar-refractivity contribution in [2.45, 2.75) is 6.54 Å². The molecule has 0 unspecified atom stereocenters. The Morgan fingerprint density at radius 3 is 2.54 bits per heavy atom. The molecule has 0 atom stereocenters. The van der Waals surface area contributed by atoms with E-state index in [-0.39, 0.29) is 11.7 Å². The molecular weight excluding hydrogens is 366 g/mol. The van der Waals surface area contributed by atoms with Gasteiger partial charge >= 0.3 is 0 Å². The normalized spacial score (nSPS) is 15.3. The average molecular weight is 386 g/mol. The van der Waals surface area contributed by atoms with Crippen LogP contribution in [0.3, 0.4) is 0 Å². The van der Waals surface area contributed by atoms with Crippen LogP contribution in [0.1, 0.15) is 16.1 Å². The van der Waals surface area contributed by atoms with E-state index in [0.29, 0.717) is 18.7 Å². The van der Waals surface area contributed by atoms with Crippen molar-refractivity contribution in [2.24, 2.45) is 0 Å². The largest absolute Gasteiger partial charge is 0.508 e. The highest BCUT2D eigenvalue weighted by Crippen LogP contribution is 2.26. The molecular formula is C19H19N3O2S2. The molecule has 0 bridgehead atoms. The van der Waals surface area contributed by atoms with Gasteiger partial charge in [-0.15, -0.1) is 11.3 Å². The van der Waals surface area contributed by atoms with Gasteiger partial charge in [0.25, 0.3) is 5.91 Å². The summed E-state index contributed by atoms with van der Waals surface area (Å²) < 4.78 is 0. The Bertz CT molecular complexity index is 867. The molecule has 5 nitrogen and oxygen atoms in total. The van der Waals surface area contributed by atoms with E-state index in [0.717, 1.165) is 30.3 Å². The number of phenolic OH excluding ortho intramolecular Hbond substituents is 1. The van der Waals surface area contributed by atoms with Crippen molar-refractivity contribution in [2.75, 3.05) is 26.2 Å². The summed E-state index contributed by atoms with van der Waals surface area (Å²) in [5.74, 6) is 0.203. The number of aromatic nitrogens is 1. The summed E-state index contributed by atoms with van der Waals surface area (Å²) in [7, 11) is 0. The first-order valence-corrected chi connectivity index (χ1v) is 10.3. The second-order valence-corrected chi connectivity index (χ2v) is 7.91. The van der Waals surface area contributed by atoms with Crippen LogP contribution < -0.4 is 0 Å². The molecule has 2 aromatic heterocycles. The third kappa shape index (κ3) is 3.80. The summed E-state index contributed by atoms with van der Waals surface area (Å²) in [6.07, 6.45) is 0. The molecule has 3 heterocycles. The maximum Gasteiger partial charge on any atom is 0.253 e. The molecule has 1 amide bonds. The Labute approximate surface area is 160 Å². The van der Waals surface area contributed by atoms with Gasteiger partial charge in [0.1, 0.15) is 10.8 Å². The molecule has 134 valence electrons. The monoisotopic (exact) mass is 385 g/mol. The minimum absolute atomic E-state index is 0.0260. The third-order valence-electron chi connectivity index (χ3n) is 4.48. The van der Waals surface area contributed by atoms with E-state index in [9.17, 15) is 9.90 Å². The van der Waals surface area contributed by atoms with Gasteiger partial charge in [0.05, 0.1) is 5.69 Å². The van der Waals surface area contributed by atoms with E-state index in [4.69, 9.17) is 4.98 Å². The molecule has 1 aromatic carbocycles. The van der Waals surface area contributed by atoms with Crippen LogP contribution in [0, 0.1) is 0 Å². The average Bonchev–Trinajstić information content (AvgIpc) is 3.34. The van der Waals surface area contributed by atoms with Crippen molar-refractivity contribution < 1.29 is 9.90 Å². The number of thiazole rings is 1. The van der Waals surface area contributed by atoms with Gasteiger partial charge in [-0.05, 0) is 35.7 Å². The highest BCUT2D eigenvalue weighted by Gasteiger charge is 2.22. The predicted octanol–water partition coefficient (Wildman–Crippen LogP) is 3.54. The number of phenols is 1. The Morgan fingerprint density at radius 2 is 1.85 bits per heavy atom. The zero-order valence-electron chi connectivity index (χ0n) is 14.2. The first-order chi connectivity index (χ1) is 12.7. The Morgan fingerprint density at radius 1 is 1.08 bits per heavy atom. The number of nitrogens with zero attached hydrogens (tertiary/aromatic N) is 3. The first-order valence-electron chi connectivity index (χ1n) is 8.47. The number of rotatable bonds is 4. The van der Waals surface area contributed by atoms with Crippen LogP contribution in [0.15, 0.2) is 46.5 Å². The quantitative estimate of drug-likeness (QED) is 0.746. The Balaban J connectivity index is 1.32. The topological polar surface area (TPSA) is 56.7 Å². The van der Waals surface area contributed by atoms with Gasteiger partial charge in [-0.3, -0.25) is 9.69 Å². The van der Waals surface area contributed by atoms with E-state index < -0.39 is 0 Å². The van der Waals surface area contributed by atoms with Crippen LogP contribution in [0.25, 0.3) is 10.6 Å². The summed E-state index contributed by atoms with van der Waals surface area (Å²) in [6.45, 7) is 3.93. The van der Waals surface area contributed by atoms with Gasteiger partial charge in [0, 0.05) is 54.6 Å². The van der Waals surface area contributed by atoms with E-state index in [1.54, 1.807) is 46.9 Å². The first kappa shape index (κ1) is 17.2. The molecule has 26 heavy (non-hydrogen) atoms. The zero-order valence-corrected chi connectivity index (χ0v) is 15.8. The predicted molar refractivity (Wildman–Crippen MR) is 105 cm³/mol. The Hall–Kier alpha value is -2.22. The van der Waals surface area contributed by atoms with Crippen LogP contribution in [0.5, 0.6) is 5.75 Å². The molecule has 7 heteroatoms. The zero-order chi connectivity index (χ0) is 17.9. The summed E-state index contributed by atoms with van der Waals surface area (Å²) in [5.41, 5.74) is 2.90. The molecule has 1 N–H and O–H groups in total. The van der Waals surface area contributed by atoms with E-state index in [2.05, 4.69) is 27.1 Å². The summed E-state index contributed by atoms with van der Waals surface area (Å²) in [6, 6.07) is 8.55. The number of benzene rings is 1. The number of carbonyl (C=O) groups excluding carboxylic acids is 1. The SMILES string of the molecule is O=C(c1ccc(O)cc1)N1CCN(Cc2csc(-c3ccsc3)n2)CC1. The van der Waals surface area contributed by atoms with Gasteiger partial charge in [-0.25, -0.2) is 4.98 Å². The number of hydrogen-bond donors (Lipinski definition) is 1. The highest BCUT2D eigenvalue weighted by atomic mass is 32.1. The smallest absolute Gasteiger partial charge is 0.253 e. The lowest BCUT2D eigenvalue weighted by Gasteiger charge is -2.34. The highest BCUT2D eigenvalue weighted by molar-refractivity contribution is 7.14. The molecule has 0 spiro atoms. The van der Waals surface area contributed by atoms with Crippen molar-refractivity contribution in [3.63, 3.8) is 0 Å². The Kier molecular flexibility index (Phi) is 5.01. The standard InChI is InChI=1S/C19H19N3O2S2/c23-17-3-1-14(2-4-17)19(24)22-8-6-21(7-9-22)11-16-13-26-18(20-16)15-5-10-25-12-15/h1-5,10,12-13,23H,6-9,11H2. The molecule has 1 aliphatic heterocycles. The fourth-order valence-corrected chi connectivity index (χ4v) is 4.55. The molecule has 1 fully saturated rings. The number of hydrogen-bond acceptors (Lipinski definition) is 6. The fraction of sp³-hybridized carbons (Fsp3) is 0.263. The minimum atomic E-state index is 0.0260. The maximum atomic E-state index is 12.5. The third-order valence-corrected chi connectivity index (χ3v) is 6.10. The van der Waals surface area contributed by atoms with Crippen LogP contribution >= 0.6 is 22.7 Å². The van der Waals surface area contributed by atoms with Crippen molar-refractivity contribution in [1.29, 1.82) is 0 Å². The van der Waals surface area contributed by atoms with E-state index in [1.807, 2.05) is 4.90 Å². The summed E-state index contributed by atoms with van der Waals surface area (Å²) in [4.78, 5) is 21.5. The van der Waals surface area contributed by atoms with Crippen molar-refractivity contribution in [3.05, 3.63) is 57.7 Å². The molecule has 4 rings (SSSR count). The van der Waals surface area contributed by atoms with E-state index in [1.165, 1.54) is 5.56 Å². The van der Waals surface area contributed by atoms with Gasteiger partial charge in [-0.2, -0.15) is 11.3 Å². The minimum Gasteiger partial charge on any atom is -0.508 e. The van der Waals surface area contributed by atoms with Gasteiger partial charge in [0.15, 0.2) is 0 Å². The molecule has 1 saturated heterocycles. The second kappa shape index (κ2) is 7.57. The van der Waals surface area contributed by atoms with Crippen LogP contribution in [-0.4, -0.2) is 52.0 Å². The summed E-state index contributed by atoms with van der Waals surface area (Å²) in [5, 5.41) is 16.7. The molecule has 1 aliphatic rings. The number of amides is 1. The van der Waals surface area contributed by atoms with Crippen LogP contribution in [-0.2, 0) is 6.54 Å². The van der Waals surface area contributed by atoms with Crippen molar-refractivity contribution >= 4 is 28.6 Å². The van der Waals surface area contributed by atoms with Crippen molar-refractivity contribution in [3.8, 4) is 16.3 Å². The molecule has 0 saturated carbocycles. The van der Waals surface area contributed by atoms with Crippen LogP contribution in [0.4, 0.5) is 0 Å². The fourth-order valence-electron chi connectivity index (χ4n) is 3.02. The van der Waals surface area contributed by atoms with Gasteiger partial charge in [0.2, 0.25) is 0 Å². The molecule has 0 radical (unpaired) electrons. The molecule has 3 aromatic rings. The van der Waals surface area contributed by atoms with Gasteiger partial charge < -0.3 is 10.0 Å². The lowest BCUT2D eigenvalue weighted by atomic mass is 10.1. The number of aromatic hydroxyl groups is 1. The number of thiophene rings is 1. The lowest BCUT2D eigenvalue weighted by molar-refractivity contribution is 0.0627. The maximum absolute atomic E-state index is 12.5. The molecule has 0 aliphatic carbocycles. The number of carbonyl (C=O) groups is 1. The lowest BCUT2D eigenvalue weighted by Crippen LogP contribution is -2.48. The second-order valence-electron chi connectivity index (χ2n) is 6.27. The number of piperazine rings is 1. The van der Waals surface area contributed by atoms with E-state index >= 15 is 0 Å². The van der Waals surface area contributed by atoms with Crippen molar-refractivity contribution in [1.82, 2.24) is 14.8 Å². The summed E-state index contributed by atoms with van der Waals surface area (Å²) >= 11 is 3.37. The van der Waals surface area contributed by atoms with Crippen LogP contribution in [0.2, 0.25) is 0 Å². The van der Waals surface area contributed by atoms with Gasteiger partial charge in [-0.1, -0.05) is 0 Å².